The van der Waals surface area contributed by atoms with Gasteiger partial charge in [0, 0.05) is 23.9 Å². The molecule has 7 heteroatoms. The normalized spacial score (nSPS) is 21.7. The maximum atomic E-state index is 11.6. The lowest BCUT2D eigenvalue weighted by Gasteiger charge is -2.27. The zero-order chi connectivity index (χ0) is 18.8. The lowest BCUT2D eigenvalue weighted by Crippen LogP contribution is -2.18. The second-order valence-electron chi connectivity index (χ2n) is 7.45. The fourth-order valence-corrected chi connectivity index (χ4v) is 4.06. The summed E-state index contributed by atoms with van der Waals surface area (Å²) in [4.78, 5) is 19.7. The molecule has 2 heterocycles. The van der Waals surface area contributed by atoms with Crippen molar-refractivity contribution in [1.82, 2.24) is 15.1 Å². The molecular formula is C19H24ClN3O3. The Morgan fingerprint density at radius 2 is 1.77 bits per heavy atom. The maximum Gasteiger partial charge on any atom is 0.314 e. The Kier molecular flexibility index (Phi) is 5.61. The van der Waals surface area contributed by atoms with E-state index in [-0.39, 0.29) is 11.2 Å². The Balaban J connectivity index is 1.72. The van der Waals surface area contributed by atoms with E-state index in [2.05, 4.69) is 15.1 Å². The van der Waals surface area contributed by atoms with Crippen molar-refractivity contribution in [3.05, 3.63) is 40.3 Å². The van der Waals surface area contributed by atoms with E-state index < -0.39 is 11.9 Å². The van der Waals surface area contributed by atoms with E-state index in [1.165, 1.54) is 0 Å². The van der Waals surface area contributed by atoms with Crippen molar-refractivity contribution in [3.63, 3.8) is 0 Å². The fraction of sp³-hybridized carbons (Fsp3) is 0.579. The topological polar surface area (TPSA) is 89.1 Å². The molecule has 0 amide bonds. The first kappa shape index (κ1) is 18.8. The van der Waals surface area contributed by atoms with Gasteiger partial charge in [0.25, 0.3) is 0 Å². The molecule has 6 nitrogen and oxygen atoms in total. The van der Waals surface area contributed by atoms with Crippen LogP contribution in [0.2, 0.25) is 5.28 Å². The van der Waals surface area contributed by atoms with Gasteiger partial charge in [-0.1, -0.05) is 19.0 Å². The van der Waals surface area contributed by atoms with Gasteiger partial charge < -0.3 is 9.63 Å². The van der Waals surface area contributed by atoms with Crippen LogP contribution in [0.15, 0.2) is 16.9 Å². The number of hydrogen-bond donors (Lipinski definition) is 1. The molecule has 2 aromatic rings. The van der Waals surface area contributed by atoms with Gasteiger partial charge in [0.05, 0.1) is 5.69 Å². The zero-order valence-corrected chi connectivity index (χ0v) is 16.0. The van der Waals surface area contributed by atoms with Gasteiger partial charge in [-0.2, -0.15) is 0 Å². The van der Waals surface area contributed by atoms with Crippen LogP contribution in [0, 0.1) is 12.8 Å². The molecule has 1 aliphatic rings. The first-order chi connectivity index (χ1) is 12.4. The van der Waals surface area contributed by atoms with Crippen molar-refractivity contribution >= 4 is 17.6 Å². The van der Waals surface area contributed by atoms with Gasteiger partial charge in [0.1, 0.15) is 5.92 Å². The first-order valence-electron chi connectivity index (χ1n) is 9.04. The number of carboxylic acid groups (broad SMARTS) is 1. The molecule has 0 spiro atoms. The smallest absolute Gasteiger partial charge is 0.314 e. The predicted octanol–water partition coefficient (Wildman–Crippen LogP) is 4.69. The Morgan fingerprint density at radius 1 is 1.19 bits per heavy atom. The molecule has 140 valence electrons. The minimum Gasteiger partial charge on any atom is -0.481 e. The number of rotatable bonds is 5. The van der Waals surface area contributed by atoms with Crippen LogP contribution in [0.4, 0.5) is 0 Å². The van der Waals surface area contributed by atoms with E-state index in [4.69, 9.17) is 16.1 Å². The van der Waals surface area contributed by atoms with Gasteiger partial charge in [-0.3, -0.25) is 4.79 Å². The molecule has 0 radical (unpaired) electrons. The van der Waals surface area contributed by atoms with Gasteiger partial charge in [0.2, 0.25) is 5.28 Å². The monoisotopic (exact) mass is 377 g/mol. The Labute approximate surface area is 158 Å². The van der Waals surface area contributed by atoms with Crippen molar-refractivity contribution in [1.29, 1.82) is 0 Å². The van der Waals surface area contributed by atoms with E-state index in [0.717, 1.165) is 42.5 Å². The summed E-state index contributed by atoms with van der Waals surface area (Å²) in [5.41, 5.74) is 2.93. The van der Waals surface area contributed by atoms with Crippen molar-refractivity contribution in [2.24, 2.45) is 5.92 Å². The highest BCUT2D eigenvalue weighted by Gasteiger charge is 2.33. The van der Waals surface area contributed by atoms with E-state index in [1.54, 1.807) is 12.4 Å². The van der Waals surface area contributed by atoms with Crippen LogP contribution in [-0.2, 0) is 4.79 Å². The second-order valence-corrected chi connectivity index (χ2v) is 7.79. The van der Waals surface area contributed by atoms with Crippen molar-refractivity contribution in [2.75, 3.05) is 0 Å². The van der Waals surface area contributed by atoms with Crippen LogP contribution in [0.25, 0.3) is 0 Å². The minimum atomic E-state index is -0.864. The van der Waals surface area contributed by atoms with Crippen LogP contribution < -0.4 is 0 Å². The highest BCUT2D eigenvalue weighted by atomic mass is 35.5. The standard InChI is InChI=1S/C19H24ClN3O3/c1-10(2)15(18(24)25)17-11(3)16(23-26-17)13-6-4-12(5-7-13)14-8-21-19(20)22-9-14/h8-10,12-13,15H,4-7H2,1-3H3,(H,24,25). The predicted molar refractivity (Wildman–Crippen MR) is 97.4 cm³/mol. The third-order valence-electron chi connectivity index (χ3n) is 5.44. The lowest BCUT2D eigenvalue weighted by atomic mass is 9.77. The third kappa shape index (κ3) is 3.75. The molecule has 1 fully saturated rings. The molecule has 0 aromatic carbocycles. The van der Waals surface area contributed by atoms with Gasteiger partial charge >= 0.3 is 5.97 Å². The summed E-state index contributed by atoms with van der Waals surface area (Å²) in [5, 5.41) is 14.0. The van der Waals surface area contributed by atoms with Crippen LogP contribution >= 0.6 is 11.6 Å². The lowest BCUT2D eigenvalue weighted by molar-refractivity contribution is -0.140. The van der Waals surface area contributed by atoms with Gasteiger partial charge in [-0.05, 0) is 61.6 Å². The van der Waals surface area contributed by atoms with E-state index in [1.807, 2.05) is 20.8 Å². The Morgan fingerprint density at radius 3 is 2.31 bits per heavy atom. The largest absolute Gasteiger partial charge is 0.481 e. The number of nitrogens with zero attached hydrogens (tertiary/aromatic N) is 3. The van der Waals surface area contributed by atoms with Crippen LogP contribution in [-0.4, -0.2) is 26.2 Å². The van der Waals surface area contributed by atoms with Crippen LogP contribution in [0.5, 0.6) is 0 Å². The quantitative estimate of drug-likeness (QED) is 0.760. The van der Waals surface area contributed by atoms with E-state index >= 15 is 0 Å². The summed E-state index contributed by atoms with van der Waals surface area (Å²) in [6.07, 6.45) is 7.62. The third-order valence-corrected chi connectivity index (χ3v) is 5.63. The average Bonchev–Trinajstić information content (AvgIpc) is 2.97. The summed E-state index contributed by atoms with van der Waals surface area (Å²) in [6, 6.07) is 0. The number of hydrogen-bond acceptors (Lipinski definition) is 5. The van der Waals surface area contributed by atoms with Crippen LogP contribution in [0.1, 0.15) is 79.9 Å². The van der Waals surface area contributed by atoms with Crippen molar-refractivity contribution in [3.8, 4) is 0 Å². The van der Waals surface area contributed by atoms with Gasteiger partial charge in [-0.25, -0.2) is 9.97 Å². The first-order valence-corrected chi connectivity index (χ1v) is 9.42. The summed E-state index contributed by atoms with van der Waals surface area (Å²) in [5.74, 6) is -0.337. The van der Waals surface area contributed by atoms with Gasteiger partial charge in [0.15, 0.2) is 5.76 Å². The second kappa shape index (κ2) is 7.74. The number of aromatic nitrogens is 3. The molecule has 0 saturated heterocycles. The zero-order valence-electron chi connectivity index (χ0n) is 15.3. The van der Waals surface area contributed by atoms with Crippen molar-refractivity contribution < 1.29 is 14.4 Å². The minimum absolute atomic E-state index is 0.0485. The summed E-state index contributed by atoms with van der Waals surface area (Å²) in [6.45, 7) is 5.71. The number of carboxylic acids is 1. The molecule has 1 aliphatic carbocycles. The maximum absolute atomic E-state index is 11.6. The average molecular weight is 378 g/mol. The molecule has 0 aliphatic heterocycles. The van der Waals surface area contributed by atoms with E-state index in [0.29, 0.717) is 17.6 Å². The van der Waals surface area contributed by atoms with E-state index in [9.17, 15) is 9.90 Å². The molecular weight excluding hydrogens is 354 g/mol. The molecule has 1 N–H and O–H groups in total. The number of carbonyl (C=O) groups is 1. The highest BCUT2D eigenvalue weighted by Crippen LogP contribution is 2.42. The molecule has 1 unspecified atom stereocenters. The highest BCUT2D eigenvalue weighted by molar-refractivity contribution is 6.28. The molecule has 1 saturated carbocycles. The summed E-state index contributed by atoms with van der Waals surface area (Å²) < 4.78 is 5.49. The Bertz CT molecular complexity index is 765. The number of halogens is 1. The van der Waals surface area contributed by atoms with Crippen molar-refractivity contribution in [2.45, 2.75) is 64.2 Å². The van der Waals surface area contributed by atoms with Crippen LogP contribution in [0.3, 0.4) is 0 Å². The van der Waals surface area contributed by atoms with Gasteiger partial charge in [-0.15, -0.1) is 0 Å². The molecule has 2 aromatic heterocycles. The molecule has 3 rings (SSSR count). The number of aliphatic carboxylic acids is 1. The molecule has 0 bridgehead atoms. The summed E-state index contributed by atoms with van der Waals surface area (Å²) >= 11 is 5.76. The Hall–Kier alpha value is -1.95. The molecule has 26 heavy (non-hydrogen) atoms. The fourth-order valence-electron chi connectivity index (χ4n) is 3.97. The molecule has 1 atom stereocenters. The summed E-state index contributed by atoms with van der Waals surface area (Å²) in [7, 11) is 0. The SMILES string of the molecule is Cc1c(C2CCC(c3cnc(Cl)nc3)CC2)noc1C(C(=O)O)C(C)C.